The molecule has 2 fully saturated rings. The Morgan fingerprint density at radius 3 is 2.38 bits per heavy atom. The SMILES string of the molecule is CC1CN(CC2CCC(O)CC2)S(=O)(=O)C1. The third-order valence-electron chi connectivity index (χ3n) is 3.68. The Labute approximate surface area is 97.7 Å². The van der Waals surface area contributed by atoms with Crippen LogP contribution in [0.4, 0.5) is 0 Å². The van der Waals surface area contributed by atoms with Crippen molar-refractivity contribution in [2.45, 2.75) is 38.7 Å². The predicted octanol–water partition coefficient (Wildman–Crippen LogP) is 0.819. The van der Waals surface area contributed by atoms with Gasteiger partial charge < -0.3 is 5.11 Å². The van der Waals surface area contributed by atoms with Gasteiger partial charge in [-0.1, -0.05) is 6.92 Å². The first-order chi connectivity index (χ1) is 7.47. The van der Waals surface area contributed by atoms with E-state index in [0.717, 1.165) is 25.7 Å². The number of rotatable bonds is 2. The number of aliphatic hydroxyl groups excluding tert-OH is 1. The third-order valence-corrected chi connectivity index (χ3v) is 5.76. The van der Waals surface area contributed by atoms with Gasteiger partial charge in [-0.15, -0.1) is 0 Å². The maximum Gasteiger partial charge on any atom is 0.214 e. The van der Waals surface area contributed by atoms with E-state index in [2.05, 4.69) is 0 Å². The maximum absolute atomic E-state index is 11.8. The monoisotopic (exact) mass is 247 g/mol. The lowest BCUT2D eigenvalue weighted by molar-refractivity contribution is 0.103. The lowest BCUT2D eigenvalue weighted by Gasteiger charge is -2.28. The first-order valence-corrected chi connectivity index (χ1v) is 7.74. The summed E-state index contributed by atoms with van der Waals surface area (Å²) in [5.74, 6) is 1.02. The quantitative estimate of drug-likeness (QED) is 0.786. The van der Waals surface area contributed by atoms with Gasteiger partial charge in [0.25, 0.3) is 0 Å². The van der Waals surface area contributed by atoms with Crippen molar-refractivity contribution in [2.75, 3.05) is 18.8 Å². The summed E-state index contributed by atoms with van der Waals surface area (Å²) in [6.07, 6.45) is 3.41. The minimum atomic E-state index is -2.98. The average molecular weight is 247 g/mol. The second-order valence-electron chi connectivity index (χ2n) is 5.38. The molecule has 16 heavy (non-hydrogen) atoms. The molecule has 1 atom stereocenters. The summed E-state index contributed by atoms with van der Waals surface area (Å²) in [6.45, 7) is 3.34. The number of aliphatic hydroxyl groups is 1. The molecule has 4 nitrogen and oxygen atoms in total. The summed E-state index contributed by atoms with van der Waals surface area (Å²) in [4.78, 5) is 0. The van der Waals surface area contributed by atoms with E-state index >= 15 is 0 Å². The molecule has 2 rings (SSSR count). The molecule has 0 radical (unpaired) electrons. The van der Waals surface area contributed by atoms with Crippen LogP contribution in [0.2, 0.25) is 0 Å². The number of hydrogen-bond acceptors (Lipinski definition) is 3. The molecule has 0 spiro atoms. The first-order valence-electron chi connectivity index (χ1n) is 6.13. The lowest BCUT2D eigenvalue weighted by Crippen LogP contribution is -2.33. The zero-order chi connectivity index (χ0) is 11.8. The minimum Gasteiger partial charge on any atom is -0.393 e. The van der Waals surface area contributed by atoms with Gasteiger partial charge in [0.2, 0.25) is 10.0 Å². The van der Waals surface area contributed by atoms with E-state index in [1.807, 2.05) is 6.92 Å². The van der Waals surface area contributed by atoms with Crippen LogP contribution in [0.3, 0.4) is 0 Å². The predicted molar refractivity (Wildman–Crippen MR) is 62.5 cm³/mol. The summed E-state index contributed by atoms with van der Waals surface area (Å²) in [6, 6.07) is 0. The van der Waals surface area contributed by atoms with E-state index in [-0.39, 0.29) is 12.0 Å². The van der Waals surface area contributed by atoms with Crippen molar-refractivity contribution < 1.29 is 13.5 Å². The van der Waals surface area contributed by atoms with Crippen molar-refractivity contribution in [3.8, 4) is 0 Å². The molecule has 1 unspecified atom stereocenters. The average Bonchev–Trinajstić information content (AvgIpc) is 2.43. The molecular formula is C11H21NO3S. The Morgan fingerprint density at radius 1 is 1.25 bits per heavy atom. The molecule has 1 saturated carbocycles. The van der Waals surface area contributed by atoms with Gasteiger partial charge in [0.1, 0.15) is 0 Å². The van der Waals surface area contributed by atoms with Crippen LogP contribution in [0.1, 0.15) is 32.6 Å². The highest BCUT2D eigenvalue weighted by Crippen LogP contribution is 2.28. The van der Waals surface area contributed by atoms with E-state index in [1.54, 1.807) is 4.31 Å². The zero-order valence-electron chi connectivity index (χ0n) is 9.80. The number of hydrogen-bond donors (Lipinski definition) is 1. The summed E-state index contributed by atoms with van der Waals surface area (Å²) >= 11 is 0. The van der Waals surface area contributed by atoms with Gasteiger partial charge in [-0.2, -0.15) is 0 Å². The number of nitrogens with zero attached hydrogens (tertiary/aromatic N) is 1. The second-order valence-corrected chi connectivity index (χ2v) is 7.39. The molecule has 5 heteroatoms. The van der Waals surface area contributed by atoms with E-state index < -0.39 is 10.0 Å². The van der Waals surface area contributed by atoms with Gasteiger partial charge >= 0.3 is 0 Å². The maximum atomic E-state index is 11.8. The summed E-state index contributed by atoms with van der Waals surface area (Å²) in [5, 5.41) is 9.40. The fourth-order valence-electron chi connectivity index (χ4n) is 2.78. The van der Waals surface area contributed by atoms with Crippen LogP contribution in [-0.4, -0.2) is 42.8 Å². The number of sulfonamides is 1. The van der Waals surface area contributed by atoms with Gasteiger partial charge in [0.15, 0.2) is 0 Å². The van der Waals surface area contributed by atoms with Gasteiger partial charge in [-0.25, -0.2) is 12.7 Å². The highest BCUT2D eigenvalue weighted by atomic mass is 32.2. The molecule has 0 bridgehead atoms. The molecule has 1 N–H and O–H groups in total. The van der Waals surface area contributed by atoms with Crippen molar-refractivity contribution >= 4 is 10.0 Å². The summed E-state index contributed by atoms with van der Waals surface area (Å²) < 4.78 is 25.2. The van der Waals surface area contributed by atoms with Crippen molar-refractivity contribution in [1.82, 2.24) is 4.31 Å². The molecule has 1 aliphatic heterocycles. The smallest absolute Gasteiger partial charge is 0.214 e. The summed E-state index contributed by atoms with van der Waals surface area (Å²) in [7, 11) is -2.98. The molecular weight excluding hydrogens is 226 g/mol. The van der Waals surface area contributed by atoms with Crippen LogP contribution >= 0.6 is 0 Å². The van der Waals surface area contributed by atoms with Gasteiger partial charge in [-0.05, 0) is 37.5 Å². The van der Waals surface area contributed by atoms with Crippen LogP contribution in [0, 0.1) is 11.8 Å². The van der Waals surface area contributed by atoms with Crippen LogP contribution in [0.15, 0.2) is 0 Å². The van der Waals surface area contributed by atoms with E-state index in [0.29, 0.717) is 24.8 Å². The normalized spacial score (nSPS) is 40.0. The largest absolute Gasteiger partial charge is 0.393 e. The molecule has 0 aromatic heterocycles. The Kier molecular flexibility index (Phi) is 3.56. The zero-order valence-corrected chi connectivity index (χ0v) is 10.6. The van der Waals surface area contributed by atoms with Crippen molar-refractivity contribution in [3.63, 3.8) is 0 Å². The van der Waals surface area contributed by atoms with E-state index in [4.69, 9.17) is 0 Å². The van der Waals surface area contributed by atoms with E-state index in [1.165, 1.54) is 0 Å². The van der Waals surface area contributed by atoms with Crippen LogP contribution in [0.5, 0.6) is 0 Å². The third kappa shape index (κ3) is 2.76. The highest BCUT2D eigenvalue weighted by molar-refractivity contribution is 7.89. The Balaban J connectivity index is 1.90. The minimum absolute atomic E-state index is 0.162. The summed E-state index contributed by atoms with van der Waals surface area (Å²) in [5.41, 5.74) is 0. The molecule has 2 aliphatic rings. The van der Waals surface area contributed by atoms with Crippen molar-refractivity contribution in [3.05, 3.63) is 0 Å². The fourth-order valence-corrected chi connectivity index (χ4v) is 4.74. The van der Waals surface area contributed by atoms with Crippen molar-refractivity contribution in [1.29, 1.82) is 0 Å². The van der Waals surface area contributed by atoms with Crippen LogP contribution in [0.25, 0.3) is 0 Å². The van der Waals surface area contributed by atoms with Gasteiger partial charge in [0.05, 0.1) is 11.9 Å². The van der Waals surface area contributed by atoms with Crippen molar-refractivity contribution in [2.24, 2.45) is 11.8 Å². The van der Waals surface area contributed by atoms with Gasteiger partial charge in [-0.3, -0.25) is 0 Å². The molecule has 1 heterocycles. The fraction of sp³-hybridized carbons (Fsp3) is 1.00. The van der Waals surface area contributed by atoms with Crippen LogP contribution in [-0.2, 0) is 10.0 Å². The standard InChI is InChI=1S/C11H21NO3S/c1-9-6-12(16(14,15)8-9)7-10-2-4-11(13)5-3-10/h9-11,13H,2-8H2,1H3. The highest BCUT2D eigenvalue weighted by Gasteiger charge is 2.35. The van der Waals surface area contributed by atoms with Crippen LogP contribution < -0.4 is 0 Å². The molecule has 1 aliphatic carbocycles. The molecule has 94 valence electrons. The molecule has 0 aromatic rings. The topological polar surface area (TPSA) is 57.6 Å². The Morgan fingerprint density at radius 2 is 1.88 bits per heavy atom. The Bertz CT molecular complexity index is 333. The lowest BCUT2D eigenvalue weighted by atomic mass is 9.87. The van der Waals surface area contributed by atoms with Gasteiger partial charge in [0, 0.05) is 13.1 Å². The van der Waals surface area contributed by atoms with E-state index in [9.17, 15) is 13.5 Å². The molecule has 1 saturated heterocycles. The molecule has 0 amide bonds. The first kappa shape index (κ1) is 12.3. The second kappa shape index (κ2) is 4.63. The molecule has 0 aromatic carbocycles. The Hall–Kier alpha value is -0.130.